The zero-order valence-electron chi connectivity index (χ0n) is 12.9. The van der Waals surface area contributed by atoms with Gasteiger partial charge in [0, 0.05) is 14.1 Å². The molecule has 3 rings (SSSR count). The van der Waals surface area contributed by atoms with Gasteiger partial charge in [-0.3, -0.25) is 18.7 Å². The summed E-state index contributed by atoms with van der Waals surface area (Å²) in [4.78, 5) is 47.0. The van der Waals surface area contributed by atoms with Crippen molar-refractivity contribution in [3.63, 3.8) is 0 Å². The number of nitrogens with zero attached hydrogens (tertiary/aromatic N) is 3. The lowest BCUT2D eigenvalue weighted by molar-refractivity contribution is -0.140. The number of aromatic nitrogens is 2. The van der Waals surface area contributed by atoms with Gasteiger partial charge in [-0.05, 0) is 23.8 Å². The number of fused-ring (bicyclic) bond motifs is 1. The third-order valence-electron chi connectivity index (χ3n) is 3.86. The highest BCUT2D eigenvalue weighted by atomic mass is 16.4. The van der Waals surface area contributed by atoms with E-state index < -0.39 is 24.5 Å². The van der Waals surface area contributed by atoms with Crippen molar-refractivity contribution in [2.45, 2.75) is 0 Å². The molecule has 0 saturated carbocycles. The van der Waals surface area contributed by atoms with Gasteiger partial charge in [0.1, 0.15) is 12.2 Å². The van der Waals surface area contributed by atoms with Gasteiger partial charge >= 0.3 is 17.7 Å². The average molecular weight is 330 g/mol. The number of imidazole rings is 1. The first-order chi connectivity index (χ1) is 11.3. The number of aliphatic carboxylic acids is 1. The molecule has 2 aromatic rings. The molecule has 9 nitrogen and oxygen atoms in total. The van der Waals surface area contributed by atoms with Crippen LogP contribution in [-0.2, 0) is 23.7 Å². The summed E-state index contributed by atoms with van der Waals surface area (Å²) < 4.78 is 2.98. The van der Waals surface area contributed by atoms with Gasteiger partial charge < -0.3 is 10.4 Å². The first kappa shape index (κ1) is 15.5. The quantitative estimate of drug-likeness (QED) is 0.600. The Bertz CT molecular complexity index is 982. The Balaban J connectivity index is 2.00. The van der Waals surface area contributed by atoms with Crippen LogP contribution < -0.4 is 11.0 Å². The summed E-state index contributed by atoms with van der Waals surface area (Å²) >= 11 is 0. The number of carboxylic acid groups (broad SMARTS) is 1. The Morgan fingerprint density at radius 3 is 2.50 bits per heavy atom. The van der Waals surface area contributed by atoms with E-state index in [9.17, 15) is 19.2 Å². The maximum Gasteiger partial charge on any atom is 0.329 e. The number of carboxylic acids is 1. The molecule has 0 atom stereocenters. The maximum absolute atomic E-state index is 12.1. The second kappa shape index (κ2) is 5.37. The molecule has 1 aliphatic rings. The fourth-order valence-corrected chi connectivity index (χ4v) is 2.63. The van der Waals surface area contributed by atoms with E-state index in [1.165, 1.54) is 15.2 Å². The molecule has 9 heteroatoms. The Kier molecular flexibility index (Phi) is 3.48. The van der Waals surface area contributed by atoms with Crippen LogP contribution in [0.5, 0.6) is 0 Å². The molecule has 3 amide bonds. The first-order valence-corrected chi connectivity index (χ1v) is 7.01. The zero-order chi connectivity index (χ0) is 17.6. The van der Waals surface area contributed by atoms with Crippen LogP contribution in [0.25, 0.3) is 17.1 Å². The Hall–Kier alpha value is -3.36. The number of imide groups is 1. The number of amides is 3. The van der Waals surface area contributed by atoms with E-state index in [4.69, 9.17) is 5.11 Å². The van der Waals surface area contributed by atoms with Gasteiger partial charge in [-0.25, -0.2) is 14.5 Å². The predicted octanol–water partition coefficient (Wildman–Crippen LogP) is -0.146. The predicted molar refractivity (Wildman–Crippen MR) is 84.0 cm³/mol. The number of aryl methyl sites for hydroxylation is 2. The summed E-state index contributed by atoms with van der Waals surface area (Å²) in [5.74, 6) is -1.98. The van der Waals surface area contributed by atoms with Gasteiger partial charge in [0.05, 0.1) is 11.0 Å². The number of urea groups is 1. The highest BCUT2D eigenvalue weighted by molar-refractivity contribution is 6.15. The minimum absolute atomic E-state index is 0.0125. The highest BCUT2D eigenvalue weighted by Crippen LogP contribution is 2.18. The molecule has 124 valence electrons. The molecule has 1 saturated heterocycles. The van der Waals surface area contributed by atoms with Gasteiger partial charge in [-0.15, -0.1) is 0 Å². The monoisotopic (exact) mass is 330 g/mol. The average Bonchev–Trinajstić information content (AvgIpc) is 2.90. The Morgan fingerprint density at radius 1 is 1.17 bits per heavy atom. The smallest absolute Gasteiger partial charge is 0.329 e. The topological polar surface area (TPSA) is 114 Å². The molecule has 1 fully saturated rings. The summed E-state index contributed by atoms with van der Waals surface area (Å²) in [5.41, 5.74) is 1.83. The molecule has 24 heavy (non-hydrogen) atoms. The van der Waals surface area contributed by atoms with Gasteiger partial charge in [0.2, 0.25) is 0 Å². The van der Waals surface area contributed by atoms with E-state index in [0.717, 1.165) is 5.52 Å². The van der Waals surface area contributed by atoms with E-state index in [-0.39, 0.29) is 11.4 Å². The lowest BCUT2D eigenvalue weighted by atomic mass is 10.1. The molecule has 0 radical (unpaired) electrons. The highest BCUT2D eigenvalue weighted by Gasteiger charge is 2.34. The Morgan fingerprint density at radius 2 is 1.83 bits per heavy atom. The van der Waals surface area contributed by atoms with Crippen molar-refractivity contribution in [1.29, 1.82) is 0 Å². The second-order valence-corrected chi connectivity index (χ2v) is 5.42. The van der Waals surface area contributed by atoms with Crippen LogP contribution in [0.2, 0.25) is 0 Å². The zero-order valence-corrected chi connectivity index (χ0v) is 12.9. The number of carbonyl (C=O) groups is 3. The van der Waals surface area contributed by atoms with Crippen molar-refractivity contribution in [2.24, 2.45) is 14.1 Å². The van der Waals surface area contributed by atoms with Crippen molar-refractivity contribution >= 4 is 35.0 Å². The van der Waals surface area contributed by atoms with Crippen LogP contribution in [0.3, 0.4) is 0 Å². The summed E-state index contributed by atoms with van der Waals surface area (Å²) in [6, 6.07) is 4.37. The van der Waals surface area contributed by atoms with Gasteiger partial charge in [0.25, 0.3) is 5.91 Å². The lowest BCUT2D eigenvalue weighted by Crippen LogP contribution is -2.35. The normalized spacial score (nSPS) is 16.2. The molecule has 2 heterocycles. The maximum atomic E-state index is 12.1. The molecule has 2 N–H and O–H groups in total. The van der Waals surface area contributed by atoms with E-state index in [1.807, 2.05) is 0 Å². The van der Waals surface area contributed by atoms with Crippen LogP contribution in [0.15, 0.2) is 28.7 Å². The van der Waals surface area contributed by atoms with Crippen molar-refractivity contribution in [1.82, 2.24) is 19.4 Å². The molecular formula is C15H14N4O5. The number of nitrogens with one attached hydrogen (secondary N) is 1. The molecule has 1 aromatic carbocycles. The van der Waals surface area contributed by atoms with Crippen LogP contribution in [-0.4, -0.2) is 43.6 Å². The fraction of sp³-hybridized carbons (Fsp3) is 0.200. The molecule has 1 aliphatic heterocycles. The van der Waals surface area contributed by atoms with Crippen LogP contribution in [0.1, 0.15) is 5.56 Å². The van der Waals surface area contributed by atoms with Crippen molar-refractivity contribution in [3.8, 4) is 0 Å². The molecule has 0 aliphatic carbocycles. The minimum Gasteiger partial charge on any atom is -0.480 e. The van der Waals surface area contributed by atoms with E-state index in [1.54, 1.807) is 32.3 Å². The third-order valence-corrected chi connectivity index (χ3v) is 3.86. The summed E-state index contributed by atoms with van der Waals surface area (Å²) in [6.07, 6.45) is 1.44. The third kappa shape index (κ3) is 2.35. The number of hydrogen-bond donors (Lipinski definition) is 2. The first-order valence-electron chi connectivity index (χ1n) is 7.01. The van der Waals surface area contributed by atoms with Gasteiger partial charge in [0.15, 0.2) is 0 Å². The second-order valence-electron chi connectivity index (χ2n) is 5.42. The lowest BCUT2D eigenvalue weighted by Gasteiger charge is -2.06. The van der Waals surface area contributed by atoms with E-state index in [0.29, 0.717) is 16.0 Å². The van der Waals surface area contributed by atoms with Crippen molar-refractivity contribution in [3.05, 3.63) is 39.9 Å². The standard InChI is InChI=1S/C15H14N4O5/c1-17-10-4-3-8(6-11(10)18(2)15(17)24)5-9-13(22)19(7-12(20)21)14(23)16-9/h3-6H,7H2,1-2H3,(H,16,23)(H,20,21). The molecule has 0 unspecified atom stereocenters. The fourth-order valence-electron chi connectivity index (χ4n) is 2.63. The van der Waals surface area contributed by atoms with Crippen LogP contribution >= 0.6 is 0 Å². The summed E-state index contributed by atoms with van der Waals surface area (Å²) in [6.45, 7) is -0.700. The number of benzene rings is 1. The van der Waals surface area contributed by atoms with Crippen LogP contribution in [0.4, 0.5) is 4.79 Å². The number of rotatable bonds is 3. The van der Waals surface area contributed by atoms with Gasteiger partial charge in [-0.2, -0.15) is 0 Å². The minimum atomic E-state index is -1.28. The number of carbonyl (C=O) groups excluding carboxylic acids is 2. The number of hydrogen-bond acceptors (Lipinski definition) is 4. The molecule has 1 aromatic heterocycles. The molecular weight excluding hydrogens is 316 g/mol. The van der Waals surface area contributed by atoms with Crippen molar-refractivity contribution in [2.75, 3.05) is 6.54 Å². The summed E-state index contributed by atoms with van der Waals surface area (Å²) in [5, 5.41) is 11.1. The SMILES string of the molecule is Cn1c(=O)n(C)c2cc(C=C3NC(=O)N(CC(=O)O)C3=O)ccc21. The van der Waals surface area contributed by atoms with Crippen molar-refractivity contribution < 1.29 is 19.5 Å². The molecule has 0 spiro atoms. The van der Waals surface area contributed by atoms with E-state index >= 15 is 0 Å². The summed E-state index contributed by atoms with van der Waals surface area (Å²) in [7, 11) is 3.30. The van der Waals surface area contributed by atoms with Crippen LogP contribution in [0, 0.1) is 0 Å². The van der Waals surface area contributed by atoms with Gasteiger partial charge in [-0.1, -0.05) is 6.07 Å². The Labute approximate surface area is 135 Å². The largest absolute Gasteiger partial charge is 0.480 e. The molecule has 0 bridgehead atoms. The van der Waals surface area contributed by atoms with E-state index in [2.05, 4.69) is 5.32 Å².